The molecule has 0 unspecified atom stereocenters. The van der Waals surface area contributed by atoms with Crippen LogP contribution in [0, 0.1) is 11.8 Å². The van der Waals surface area contributed by atoms with Crippen LogP contribution in [0.5, 0.6) is 11.5 Å². The molecule has 120 valence electrons. The summed E-state index contributed by atoms with van der Waals surface area (Å²) < 4.78 is 5.07. The summed E-state index contributed by atoms with van der Waals surface area (Å²) in [7, 11) is 1.43. The van der Waals surface area contributed by atoms with Crippen LogP contribution < -0.4 is 4.74 Å². The van der Waals surface area contributed by atoms with Crippen molar-refractivity contribution >= 4 is 5.78 Å². The van der Waals surface area contributed by atoms with Crippen LogP contribution in [-0.2, 0) is 0 Å². The molecular formula is C16H20O6. The number of phenols is 1. The number of aromatic hydroxyl groups is 1. The molecule has 0 heterocycles. The first kappa shape index (κ1) is 15.3. The van der Waals surface area contributed by atoms with E-state index in [9.17, 15) is 25.2 Å². The molecule has 2 aliphatic rings. The smallest absolute Gasteiger partial charge is 0.170 e. The van der Waals surface area contributed by atoms with Gasteiger partial charge in [-0.15, -0.1) is 0 Å². The van der Waals surface area contributed by atoms with Gasteiger partial charge >= 0.3 is 0 Å². The lowest BCUT2D eigenvalue weighted by molar-refractivity contribution is -0.131. The Morgan fingerprint density at radius 3 is 2.64 bits per heavy atom. The lowest BCUT2D eigenvalue weighted by Crippen LogP contribution is -2.52. The second-order valence-electron chi connectivity index (χ2n) is 6.50. The monoisotopic (exact) mass is 308 g/mol. The maximum atomic E-state index is 12.7. The van der Waals surface area contributed by atoms with Gasteiger partial charge in [0.05, 0.1) is 30.5 Å². The predicted molar refractivity (Wildman–Crippen MR) is 76.8 cm³/mol. The van der Waals surface area contributed by atoms with Crippen LogP contribution in [0.4, 0.5) is 0 Å². The Labute approximate surface area is 128 Å². The van der Waals surface area contributed by atoms with Crippen LogP contribution in [0.2, 0.25) is 0 Å². The van der Waals surface area contributed by atoms with Crippen molar-refractivity contribution in [2.75, 3.05) is 7.11 Å². The van der Waals surface area contributed by atoms with E-state index < -0.39 is 29.6 Å². The van der Waals surface area contributed by atoms with Crippen molar-refractivity contribution in [2.24, 2.45) is 11.8 Å². The first-order chi connectivity index (χ1) is 10.3. The molecule has 0 aliphatic heterocycles. The van der Waals surface area contributed by atoms with E-state index in [1.165, 1.54) is 26.2 Å². The van der Waals surface area contributed by atoms with Gasteiger partial charge in [0.25, 0.3) is 0 Å². The van der Waals surface area contributed by atoms with Gasteiger partial charge in [-0.2, -0.15) is 0 Å². The average molecular weight is 308 g/mol. The van der Waals surface area contributed by atoms with Crippen LogP contribution in [0.15, 0.2) is 12.1 Å². The number of fused-ring (bicyclic) bond motifs is 2. The summed E-state index contributed by atoms with van der Waals surface area (Å²) in [4.78, 5) is 12.7. The third-order valence-corrected chi connectivity index (χ3v) is 5.03. The Morgan fingerprint density at radius 1 is 1.32 bits per heavy atom. The van der Waals surface area contributed by atoms with Crippen molar-refractivity contribution in [1.29, 1.82) is 0 Å². The molecule has 0 spiro atoms. The van der Waals surface area contributed by atoms with Gasteiger partial charge in [0.15, 0.2) is 5.78 Å². The Bertz CT molecular complexity index is 623. The van der Waals surface area contributed by atoms with Crippen molar-refractivity contribution < 1.29 is 30.0 Å². The summed E-state index contributed by atoms with van der Waals surface area (Å²) in [6.45, 7) is 1.50. The minimum absolute atomic E-state index is 0.0679. The molecule has 1 aromatic carbocycles. The van der Waals surface area contributed by atoms with Crippen molar-refractivity contribution in [3.8, 4) is 11.5 Å². The number of methoxy groups -OCH3 is 1. The molecule has 0 radical (unpaired) electrons. The second-order valence-corrected chi connectivity index (χ2v) is 6.50. The summed E-state index contributed by atoms with van der Waals surface area (Å²) in [5, 5.41) is 41.0. The molecular weight excluding hydrogens is 288 g/mol. The van der Waals surface area contributed by atoms with E-state index in [2.05, 4.69) is 0 Å². The number of phenolic OH excluding ortho intramolecular Hbond substituents is 1. The molecule has 5 atom stereocenters. The van der Waals surface area contributed by atoms with Gasteiger partial charge in [-0.05, 0) is 31.4 Å². The largest absolute Gasteiger partial charge is 0.507 e. The standard InChI is InChI=1S/C16H20O6/c1-16(21)6-10-8(5-12(16)18)15(20)13-9(14(10)19)3-7(22-2)4-11(13)17/h3-4,8,10,12,14,17-19,21H,5-6H2,1-2H3/t8-,10-,12-,14-,16-/m0/s1. The number of Topliss-reactive ketones (excluding diaryl/α,β-unsaturated/α-hetero) is 1. The summed E-state index contributed by atoms with van der Waals surface area (Å²) in [5.41, 5.74) is -0.945. The quantitative estimate of drug-likeness (QED) is 0.610. The minimum Gasteiger partial charge on any atom is -0.507 e. The Balaban J connectivity index is 2.10. The van der Waals surface area contributed by atoms with Crippen LogP contribution in [-0.4, -0.2) is 45.0 Å². The van der Waals surface area contributed by atoms with Crippen molar-refractivity contribution in [1.82, 2.24) is 0 Å². The van der Waals surface area contributed by atoms with E-state index in [1.54, 1.807) is 0 Å². The maximum Gasteiger partial charge on any atom is 0.170 e. The Morgan fingerprint density at radius 2 is 2.00 bits per heavy atom. The Hall–Kier alpha value is -1.63. The van der Waals surface area contributed by atoms with Crippen LogP contribution in [0.3, 0.4) is 0 Å². The highest BCUT2D eigenvalue weighted by Crippen LogP contribution is 2.50. The molecule has 22 heavy (non-hydrogen) atoms. The Kier molecular flexibility index (Phi) is 3.43. The maximum absolute atomic E-state index is 12.7. The molecule has 4 N–H and O–H groups in total. The second kappa shape index (κ2) is 4.94. The van der Waals surface area contributed by atoms with Gasteiger partial charge in [0, 0.05) is 17.9 Å². The third kappa shape index (κ3) is 2.10. The van der Waals surface area contributed by atoms with Gasteiger partial charge < -0.3 is 25.2 Å². The van der Waals surface area contributed by atoms with Crippen LogP contribution >= 0.6 is 0 Å². The summed E-state index contributed by atoms with van der Waals surface area (Å²) >= 11 is 0. The van der Waals surface area contributed by atoms with Crippen LogP contribution in [0.1, 0.15) is 41.8 Å². The normalized spacial score (nSPS) is 37.4. The lowest BCUT2D eigenvalue weighted by Gasteiger charge is -2.46. The number of hydrogen-bond donors (Lipinski definition) is 4. The molecule has 6 nitrogen and oxygen atoms in total. The first-order valence-corrected chi connectivity index (χ1v) is 7.30. The third-order valence-electron chi connectivity index (χ3n) is 5.03. The molecule has 0 bridgehead atoms. The highest BCUT2D eigenvalue weighted by atomic mass is 16.5. The van der Waals surface area contributed by atoms with Gasteiger partial charge in [0.2, 0.25) is 0 Å². The number of aliphatic hydroxyl groups excluding tert-OH is 2. The molecule has 1 aromatic rings. The van der Waals surface area contributed by atoms with E-state index >= 15 is 0 Å². The van der Waals surface area contributed by atoms with Gasteiger partial charge in [-0.25, -0.2) is 0 Å². The molecule has 1 fully saturated rings. The molecule has 6 heteroatoms. The highest BCUT2D eigenvalue weighted by molar-refractivity contribution is 6.03. The number of carbonyl (C=O) groups is 1. The van der Waals surface area contributed by atoms with Gasteiger partial charge in [-0.3, -0.25) is 4.79 Å². The number of rotatable bonds is 1. The number of ether oxygens (including phenoxy) is 1. The van der Waals surface area contributed by atoms with Gasteiger partial charge in [0.1, 0.15) is 11.5 Å². The minimum atomic E-state index is -1.35. The molecule has 2 aliphatic carbocycles. The fourth-order valence-corrected chi connectivity index (χ4v) is 3.72. The molecule has 0 aromatic heterocycles. The zero-order chi connectivity index (χ0) is 16.2. The number of carbonyl (C=O) groups excluding carboxylic acids is 1. The predicted octanol–water partition coefficient (Wildman–Crippen LogP) is 0.769. The van der Waals surface area contributed by atoms with Crippen molar-refractivity contribution in [3.63, 3.8) is 0 Å². The number of benzene rings is 1. The fraction of sp³-hybridized carbons (Fsp3) is 0.562. The summed E-state index contributed by atoms with van der Waals surface area (Å²) in [6, 6.07) is 2.87. The highest BCUT2D eigenvalue weighted by Gasteiger charge is 2.52. The van der Waals surface area contributed by atoms with Crippen molar-refractivity contribution in [3.05, 3.63) is 23.3 Å². The van der Waals surface area contributed by atoms with E-state index in [0.29, 0.717) is 11.3 Å². The van der Waals surface area contributed by atoms with E-state index in [0.717, 1.165) is 0 Å². The zero-order valence-corrected chi connectivity index (χ0v) is 12.5. The lowest BCUT2D eigenvalue weighted by atomic mass is 9.62. The SMILES string of the molecule is COc1cc(O)c2c(c1)[C@H](O)[C@H]1C[C@](C)(O)[C@@H](O)C[C@@H]1C2=O. The molecule has 0 amide bonds. The molecule has 0 saturated heterocycles. The van der Waals surface area contributed by atoms with Crippen LogP contribution in [0.25, 0.3) is 0 Å². The van der Waals surface area contributed by atoms with E-state index in [4.69, 9.17) is 4.74 Å². The number of ketones is 1. The summed E-state index contributed by atoms with van der Waals surface area (Å²) in [6.07, 6.45) is -1.86. The fourth-order valence-electron chi connectivity index (χ4n) is 3.72. The van der Waals surface area contributed by atoms with E-state index in [1.807, 2.05) is 0 Å². The molecule has 1 saturated carbocycles. The number of aliphatic hydroxyl groups is 3. The van der Waals surface area contributed by atoms with Crippen molar-refractivity contribution in [2.45, 2.75) is 37.6 Å². The zero-order valence-electron chi connectivity index (χ0n) is 12.5. The number of hydrogen-bond acceptors (Lipinski definition) is 6. The molecule has 3 rings (SSSR count). The first-order valence-electron chi connectivity index (χ1n) is 7.30. The average Bonchev–Trinajstić information content (AvgIpc) is 2.46. The van der Waals surface area contributed by atoms with Gasteiger partial charge in [-0.1, -0.05) is 0 Å². The summed E-state index contributed by atoms with van der Waals surface area (Å²) in [5.74, 6) is -1.30. The van der Waals surface area contributed by atoms with E-state index in [-0.39, 0.29) is 29.9 Å². The topological polar surface area (TPSA) is 107 Å².